The predicted octanol–water partition coefficient (Wildman–Crippen LogP) is 4.56. The van der Waals surface area contributed by atoms with Gasteiger partial charge in [-0.1, -0.05) is 60.2 Å². The molecule has 2 heterocycles. The van der Waals surface area contributed by atoms with Gasteiger partial charge in [0, 0.05) is 12.6 Å². The number of amides is 1. The average Bonchev–Trinajstić information content (AvgIpc) is 3.28. The number of carbonyl (C=O) groups is 2. The second-order valence-corrected chi connectivity index (χ2v) is 9.00. The minimum Gasteiger partial charge on any atom is -0.507 e. The van der Waals surface area contributed by atoms with Gasteiger partial charge in [0.15, 0.2) is 0 Å². The fraction of sp³-hybridized carbons (Fsp3) is 0.138. The highest BCUT2D eigenvalue weighted by atomic mass is 19.1. The minimum absolute atomic E-state index is 0.00531. The van der Waals surface area contributed by atoms with Crippen molar-refractivity contribution in [1.29, 1.82) is 0 Å². The zero-order chi connectivity index (χ0) is 26.4. The molecule has 1 aliphatic heterocycles. The Kier molecular flexibility index (Phi) is 5.87. The van der Waals surface area contributed by atoms with Crippen LogP contribution >= 0.6 is 0 Å². The lowest BCUT2D eigenvalue weighted by Crippen LogP contribution is -2.34. The maximum absolute atomic E-state index is 13.8. The fourth-order valence-corrected chi connectivity index (χ4v) is 4.72. The molecule has 1 N–H and O–H groups in total. The van der Waals surface area contributed by atoms with Crippen LogP contribution in [0.1, 0.15) is 28.4 Å². The van der Waals surface area contributed by atoms with Crippen molar-refractivity contribution in [2.24, 2.45) is 7.05 Å². The Balaban J connectivity index is 1.78. The van der Waals surface area contributed by atoms with Crippen LogP contribution in [0.25, 0.3) is 11.4 Å². The Bertz CT molecular complexity index is 1610. The van der Waals surface area contributed by atoms with Gasteiger partial charge in [0.05, 0.1) is 23.0 Å². The number of hydrogen-bond acceptors (Lipinski definition) is 4. The molecule has 0 spiro atoms. The number of anilines is 1. The monoisotopic (exact) mass is 497 g/mol. The molecule has 0 bridgehead atoms. The molecule has 1 aliphatic rings. The predicted molar refractivity (Wildman–Crippen MR) is 138 cm³/mol. The van der Waals surface area contributed by atoms with E-state index in [2.05, 4.69) is 0 Å². The molecule has 1 saturated heterocycles. The smallest absolute Gasteiger partial charge is 0.300 e. The molecule has 1 amide bonds. The number of hydrogen-bond donors (Lipinski definition) is 1. The molecular formula is C29H24FN3O4. The summed E-state index contributed by atoms with van der Waals surface area (Å²) in [6, 6.07) is 19.9. The standard InChI is InChI=1S/C29H24FN3O4/c1-17-9-11-20(12-10-17)26(34)23-25(19-13-15-21(30)16-14-19)32(29(37)27(23)35)24-18(2)31(3)33(28(24)36)22-7-5-4-6-8-22/h4-16,25,34H,1-3H3. The topological polar surface area (TPSA) is 84.5 Å². The van der Waals surface area contributed by atoms with Crippen LogP contribution in [0.3, 0.4) is 0 Å². The molecule has 1 aromatic heterocycles. The van der Waals surface area contributed by atoms with E-state index in [4.69, 9.17) is 0 Å². The summed E-state index contributed by atoms with van der Waals surface area (Å²) in [5, 5.41) is 11.2. The third-order valence-electron chi connectivity index (χ3n) is 6.72. The highest BCUT2D eigenvalue weighted by Crippen LogP contribution is 2.42. The van der Waals surface area contributed by atoms with E-state index in [-0.39, 0.29) is 17.0 Å². The fourth-order valence-electron chi connectivity index (χ4n) is 4.72. The van der Waals surface area contributed by atoms with Crippen LogP contribution in [0.4, 0.5) is 10.1 Å². The minimum atomic E-state index is -1.14. The van der Waals surface area contributed by atoms with Crippen LogP contribution in [0, 0.1) is 19.7 Å². The van der Waals surface area contributed by atoms with Crippen molar-refractivity contribution in [1.82, 2.24) is 9.36 Å². The molecule has 1 atom stereocenters. The maximum Gasteiger partial charge on any atom is 0.300 e. The summed E-state index contributed by atoms with van der Waals surface area (Å²) < 4.78 is 16.8. The van der Waals surface area contributed by atoms with Gasteiger partial charge in [0.25, 0.3) is 17.2 Å². The number of carbonyl (C=O) groups excluding carboxylic acids is 2. The first kappa shape index (κ1) is 24.0. The number of benzene rings is 3. The van der Waals surface area contributed by atoms with E-state index in [9.17, 15) is 23.9 Å². The van der Waals surface area contributed by atoms with Crippen molar-refractivity contribution in [3.63, 3.8) is 0 Å². The van der Waals surface area contributed by atoms with E-state index < -0.39 is 29.1 Å². The highest BCUT2D eigenvalue weighted by Gasteiger charge is 2.49. The van der Waals surface area contributed by atoms with Gasteiger partial charge >= 0.3 is 0 Å². The molecule has 1 unspecified atom stereocenters. The van der Waals surface area contributed by atoms with Crippen molar-refractivity contribution >= 4 is 23.1 Å². The first-order valence-corrected chi connectivity index (χ1v) is 11.7. The molecule has 186 valence electrons. The van der Waals surface area contributed by atoms with Gasteiger partial charge < -0.3 is 5.11 Å². The number of para-hydroxylation sites is 1. The van der Waals surface area contributed by atoms with Gasteiger partial charge in [0.2, 0.25) is 0 Å². The van der Waals surface area contributed by atoms with Crippen LogP contribution in [-0.4, -0.2) is 26.2 Å². The van der Waals surface area contributed by atoms with Crippen molar-refractivity contribution in [3.05, 3.63) is 123 Å². The lowest BCUT2D eigenvalue weighted by atomic mass is 9.95. The lowest BCUT2D eigenvalue weighted by Gasteiger charge is -2.24. The largest absolute Gasteiger partial charge is 0.507 e. The Morgan fingerprint density at radius 3 is 2.11 bits per heavy atom. The van der Waals surface area contributed by atoms with Crippen LogP contribution in [0.5, 0.6) is 0 Å². The number of ketones is 1. The van der Waals surface area contributed by atoms with E-state index in [1.807, 2.05) is 13.0 Å². The number of aliphatic hydroxyl groups excluding tert-OH is 1. The summed E-state index contributed by atoms with van der Waals surface area (Å²) in [5.41, 5.74) is 2.03. The van der Waals surface area contributed by atoms with Gasteiger partial charge in [-0.25, -0.2) is 9.07 Å². The molecule has 5 rings (SSSR count). The summed E-state index contributed by atoms with van der Waals surface area (Å²) in [7, 11) is 1.68. The first-order valence-electron chi connectivity index (χ1n) is 11.7. The summed E-state index contributed by atoms with van der Waals surface area (Å²) in [6.45, 7) is 3.56. The third kappa shape index (κ3) is 3.87. The Morgan fingerprint density at radius 1 is 0.865 bits per heavy atom. The first-order chi connectivity index (χ1) is 17.7. The number of Topliss-reactive ketones (excluding diaryl/α,β-unsaturated/α-hetero) is 1. The summed E-state index contributed by atoms with van der Waals surface area (Å²) in [6.07, 6.45) is 0. The quantitative estimate of drug-likeness (QED) is 0.255. The number of rotatable bonds is 4. The van der Waals surface area contributed by atoms with Crippen molar-refractivity contribution in [2.75, 3.05) is 4.90 Å². The number of halogens is 1. The number of aliphatic hydroxyl groups is 1. The Hall–Kier alpha value is -4.72. The average molecular weight is 498 g/mol. The van der Waals surface area contributed by atoms with Crippen molar-refractivity contribution < 1.29 is 19.1 Å². The molecule has 0 radical (unpaired) electrons. The zero-order valence-corrected chi connectivity index (χ0v) is 20.5. The molecule has 8 heteroatoms. The van der Waals surface area contributed by atoms with E-state index in [0.717, 1.165) is 10.5 Å². The second-order valence-electron chi connectivity index (χ2n) is 9.00. The lowest BCUT2D eigenvalue weighted by molar-refractivity contribution is -0.132. The van der Waals surface area contributed by atoms with Crippen LogP contribution in [0.2, 0.25) is 0 Å². The van der Waals surface area contributed by atoms with Crippen LogP contribution in [0.15, 0.2) is 89.2 Å². The molecular weight excluding hydrogens is 473 g/mol. The normalized spacial score (nSPS) is 17.0. The van der Waals surface area contributed by atoms with Gasteiger partial charge in [-0.05, 0) is 43.7 Å². The number of aromatic nitrogens is 2. The molecule has 0 aliphatic carbocycles. The highest BCUT2D eigenvalue weighted by molar-refractivity contribution is 6.51. The van der Waals surface area contributed by atoms with E-state index in [1.54, 1.807) is 67.2 Å². The van der Waals surface area contributed by atoms with Gasteiger partial charge in [-0.15, -0.1) is 0 Å². The molecule has 0 saturated carbocycles. The number of aryl methyl sites for hydroxylation is 1. The van der Waals surface area contributed by atoms with Gasteiger partial charge in [-0.2, -0.15) is 0 Å². The zero-order valence-electron chi connectivity index (χ0n) is 20.5. The SMILES string of the molecule is Cc1ccc(C(O)=C2C(=O)C(=O)N(c3c(C)n(C)n(-c4ccccc4)c3=O)C2c2ccc(F)cc2)cc1. The maximum atomic E-state index is 13.8. The summed E-state index contributed by atoms with van der Waals surface area (Å²) in [5.74, 6) is -2.75. The van der Waals surface area contributed by atoms with E-state index in [0.29, 0.717) is 22.5 Å². The Labute approximate surface area is 212 Å². The summed E-state index contributed by atoms with van der Waals surface area (Å²) >= 11 is 0. The van der Waals surface area contributed by atoms with Crippen molar-refractivity contribution in [2.45, 2.75) is 19.9 Å². The number of nitrogens with zero attached hydrogens (tertiary/aromatic N) is 3. The van der Waals surface area contributed by atoms with Crippen LogP contribution < -0.4 is 10.5 Å². The molecule has 7 nitrogen and oxygen atoms in total. The third-order valence-corrected chi connectivity index (χ3v) is 6.72. The Morgan fingerprint density at radius 2 is 1.49 bits per heavy atom. The molecule has 37 heavy (non-hydrogen) atoms. The molecule has 1 fully saturated rings. The van der Waals surface area contributed by atoms with Gasteiger partial charge in [0.1, 0.15) is 17.3 Å². The van der Waals surface area contributed by atoms with E-state index in [1.165, 1.54) is 28.9 Å². The molecule has 4 aromatic rings. The molecule has 3 aromatic carbocycles. The van der Waals surface area contributed by atoms with Crippen molar-refractivity contribution in [3.8, 4) is 5.69 Å². The second kappa shape index (κ2) is 9.05. The summed E-state index contributed by atoms with van der Waals surface area (Å²) in [4.78, 5) is 41.8. The van der Waals surface area contributed by atoms with Gasteiger partial charge in [-0.3, -0.25) is 24.0 Å². The van der Waals surface area contributed by atoms with Crippen LogP contribution in [-0.2, 0) is 16.6 Å². The van der Waals surface area contributed by atoms with E-state index >= 15 is 0 Å².